The van der Waals surface area contributed by atoms with Gasteiger partial charge in [-0.25, -0.2) is 17.6 Å². The fourth-order valence-corrected chi connectivity index (χ4v) is 3.57. The molecule has 0 aliphatic carbocycles. The Morgan fingerprint density at radius 2 is 2.00 bits per heavy atom. The monoisotopic (exact) mass is 407 g/mol. The Balaban J connectivity index is 1.66. The van der Waals surface area contributed by atoms with Gasteiger partial charge in [0, 0.05) is 18.4 Å². The van der Waals surface area contributed by atoms with Crippen molar-refractivity contribution in [3.05, 3.63) is 54.0 Å². The summed E-state index contributed by atoms with van der Waals surface area (Å²) in [5.74, 6) is -1.61. The number of rotatable bonds is 5. The van der Waals surface area contributed by atoms with E-state index >= 15 is 0 Å². The number of amidine groups is 1. The van der Waals surface area contributed by atoms with Crippen molar-refractivity contribution in [1.29, 1.82) is 0 Å². The maximum atomic E-state index is 12.9. The number of ether oxygens (including phenoxy) is 1. The summed E-state index contributed by atoms with van der Waals surface area (Å²) in [6, 6.07) is 5.22. The summed E-state index contributed by atoms with van der Waals surface area (Å²) in [4.78, 5) is 26.3. The van der Waals surface area contributed by atoms with Gasteiger partial charge in [0.15, 0.2) is 6.10 Å². The number of hydrogen-bond acceptors (Lipinski definition) is 6. The highest BCUT2D eigenvalue weighted by Gasteiger charge is 2.27. The van der Waals surface area contributed by atoms with E-state index in [4.69, 9.17) is 4.74 Å². The third-order valence-electron chi connectivity index (χ3n) is 4.08. The van der Waals surface area contributed by atoms with Crippen molar-refractivity contribution in [1.82, 2.24) is 4.90 Å². The Morgan fingerprint density at radius 1 is 1.29 bits per heavy atom. The van der Waals surface area contributed by atoms with E-state index in [1.54, 1.807) is 6.92 Å². The summed E-state index contributed by atoms with van der Waals surface area (Å²) < 4.78 is 44.9. The molecule has 1 aromatic carbocycles. The number of nitrogens with one attached hydrogen (secondary N) is 1. The molecule has 148 valence electrons. The first-order valence-electron chi connectivity index (χ1n) is 8.54. The van der Waals surface area contributed by atoms with Gasteiger partial charge < -0.3 is 15.0 Å². The second-order valence-corrected chi connectivity index (χ2v) is 7.90. The van der Waals surface area contributed by atoms with Crippen LogP contribution in [-0.4, -0.2) is 49.4 Å². The van der Waals surface area contributed by atoms with Gasteiger partial charge in [-0.05, 0) is 42.8 Å². The summed E-state index contributed by atoms with van der Waals surface area (Å²) in [5, 5.41) is 2.57. The van der Waals surface area contributed by atoms with Gasteiger partial charge in [-0.15, -0.1) is 4.40 Å². The van der Waals surface area contributed by atoms with Gasteiger partial charge in [0.2, 0.25) is 0 Å². The number of anilines is 1. The molecule has 0 aromatic heterocycles. The topological polar surface area (TPSA) is 105 Å². The van der Waals surface area contributed by atoms with Crippen LogP contribution in [0.4, 0.5) is 10.1 Å². The van der Waals surface area contributed by atoms with Crippen LogP contribution in [0.1, 0.15) is 13.3 Å². The molecule has 1 atom stereocenters. The molecule has 0 radical (unpaired) electrons. The molecule has 0 unspecified atom stereocenters. The zero-order chi connectivity index (χ0) is 20.3. The quantitative estimate of drug-likeness (QED) is 0.743. The lowest BCUT2D eigenvalue weighted by Gasteiger charge is -2.27. The summed E-state index contributed by atoms with van der Waals surface area (Å²) in [5.41, 5.74) is 0.555. The van der Waals surface area contributed by atoms with E-state index in [2.05, 4.69) is 9.71 Å². The second kappa shape index (κ2) is 7.93. The molecular weight excluding hydrogens is 389 g/mol. The van der Waals surface area contributed by atoms with Crippen molar-refractivity contribution in [2.75, 3.05) is 17.6 Å². The van der Waals surface area contributed by atoms with Gasteiger partial charge in [-0.1, -0.05) is 6.92 Å². The first-order chi connectivity index (χ1) is 13.3. The van der Waals surface area contributed by atoms with Crippen molar-refractivity contribution in [3.63, 3.8) is 0 Å². The molecular formula is C18H18FN3O5S. The molecule has 10 heteroatoms. The third kappa shape index (κ3) is 4.63. The van der Waals surface area contributed by atoms with Gasteiger partial charge in [0.1, 0.15) is 11.7 Å². The molecule has 1 aromatic rings. The Bertz CT molecular complexity index is 983. The van der Waals surface area contributed by atoms with Crippen molar-refractivity contribution in [2.24, 2.45) is 4.40 Å². The highest BCUT2D eigenvalue weighted by atomic mass is 32.2. The normalized spacial score (nSPS) is 18.4. The molecule has 8 nitrogen and oxygen atoms in total. The largest absolute Gasteiger partial charge is 0.449 e. The van der Waals surface area contributed by atoms with E-state index in [0.29, 0.717) is 5.69 Å². The summed E-state index contributed by atoms with van der Waals surface area (Å²) in [7, 11) is -3.48. The van der Waals surface area contributed by atoms with Crippen LogP contribution in [0.3, 0.4) is 0 Å². The lowest BCUT2D eigenvalue weighted by atomic mass is 10.2. The van der Waals surface area contributed by atoms with E-state index in [-0.39, 0.29) is 30.1 Å². The Hall–Kier alpha value is -3.01. The van der Waals surface area contributed by atoms with Gasteiger partial charge in [-0.3, -0.25) is 4.79 Å². The van der Waals surface area contributed by atoms with E-state index in [9.17, 15) is 22.4 Å². The van der Waals surface area contributed by atoms with Crippen molar-refractivity contribution in [2.45, 2.75) is 19.4 Å². The van der Waals surface area contributed by atoms with Crippen LogP contribution >= 0.6 is 0 Å². The number of sulfonamides is 1. The molecule has 1 N–H and O–H groups in total. The Kier molecular flexibility index (Phi) is 5.59. The molecule has 2 aliphatic heterocycles. The second-order valence-electron chi connectivity index (χ2n) is 6.15. The number of halogens is 1. The first-order valence-corrected chi connectivity index (χ1v) is 10.1. The molecule has 0 fully saturated rings. The van der Waals surface area contributed by atoms with Crippen LogP contribution in [0.15, 0.2) is 52.6 Å². The number of benzene rings is 1. The van der Waals surface area contributed by atoms with Crippen LogP contribution in [0.25, 0.3) is 0 Å². The minimum Gasteiger partial charge on any atom is -0.449 e. The van der Waals surface area contributed by atoms with Crippen LogP contribution in [-0.2, 0) is 24.3 Å². The van der Waals surface area contributed by atoms with Crippen LogP contribution < -0.4 is 5.32 Å². The molecule has 0 saturated carbocycles. The molecule has 0 saturated heterocycles. The maximum absolute atomic E-state index is 12.9. The fraction of sp³-hybridized carbons (Fsp3) is 0.278. The van der Waals surface area contributed by atoms with Gasteiger partial charge >= 0.3 is 5.97 Å². The van der Waals surface area contributed by atoms with Crippen molar-refractivity contribution < 1.29 is 27.1 Å². The standard InChI is InChI=1S/C18H18FN3O5S/c1-2-15(17(23)20-14-6-4-13(19)5-7-14)27-18(24)12-3-8-16-21-28(25,26)10-9-22(16)11-12/h3-8,11,15H,2,9-10H2,1H3,(H,20,23)/t15-/m1/s1. The van der Waals surface area contributed by atoms with Crippen LogP contribution in [0, 0.1) is 5.82 Å². The zero-order valence-corrected chi connectivity index (χ0v) is 15.8. The lowest BCUT2D eigenvalue weighted by molar-refractivity contribution is -0.150. The van der Waals surface area contributed by atoms with Gasteiger partial charge in [-0.2, -0.15) is 0 Å². The summed E-state index contributed by atoms with van der Waals surface area (Å²) in [6.07, 6.45) is 3.45. The predicted octanol–water partition coefficient (Wildman–Crippen LogP) is 1.58. The fourth-order valence-electron chi connectivity index (χ4n) is 2.60. The van der Waals surface area contributed by atoms with E-state index in [1.165, 1.54) is 47.5 Å². The molecule has 28 heavy (non-hydrogen) atoms. The van der Waals surface area contributed by atoms with Gasteiger partial charge in [0.05, 0.1) is 11.3 Å². The van der Waals surface area contributed by atoms with Crippen LogP contribution in [0.5, 0.6) is 0 Å². The highest BCUT2D eigenvalue weighted by Crippen LogP contribution is 2.18. The number of esters is 1. The van der Waals surface area contributed by atoms with Crippen molar-refractivity contribution >= 4 is 33.4 Å². The zero-order valence-electron chi connectivity index (χ0n) is 15.0. The maximum Gasteiger partial charge on any atom is 0.340 e. The first kappa shape index (κ1) is 19.7. The lowest BCUT2D eigenvalue weighted by Crippen LogP contribution is -2.38. The average molecular weight is 407 g/mol. The molecule has 2 aliphatic rings. The number of carbonyl (C=O) groups is 2. The Labute approximate surface area is 161 Å². The van der Waals surface area contributed by atoms with Crippen LogP contribution in [0.2, 0.25) is 0 Å². The molecule has 2 heterocycles. The molecule has 1 amide bonds. The molecule has 0 spiro atoms. The molecule has 3 rings (SSSR count). The average Bonchev–Trinajstić information content (AvgIpc) is 2.66. The summed E-state index contributed by atoms with van der Waals surface area (Å²) >= 11 is 0. The van der Waals surface area contributed by atoms with E-state index < -0.39 is 33.8 Å². The molecule has 0 bridgehead atoms. The third-order valence-corrected chi connectivity index (χ3v) is 5.25. The number of hydrogen-bond donors (Lipinski definition) is 1. The summed E-state index contributed by atoms with van der Waals surface area (Å²) in [6.45, 7) is 1.86. The minimum atomic E-state index is -3.48. The highest BCUT2D eigenvalue weighted by molar-refractivity contribution is 7.90. The van der Waals surface area contributed by atoms with E-state index in [0.717, 1.165) is 0 Å². The van der Waals surface area contributed by atoms with Crippen molar-refractivity contribution in [3.8, 4) is 0 Å². The minimum absolute atomic E-state index is 0.152. The number of nitrogens with zero attached hydrogens (tertiary/aromatic N) is 2. The van der Waals surface area contributed by atoms with E-state index in [1.807, 2.05) is 0 Å². The predicted molar refractivity (Wildman–Crippen MR) is 100 cm³/mol. The number of amides is 1. The number of fused-ring (bicyclic) bond motifs is 1. The Morgan fingerprint density at radius 3 is 2.68 bits per heavy atom. The SMILES string of the molecule is CC[C@@H](OC(=O)C1=CN2CCS(=O)(=O)N=C2C=C1)C(=O)Nc1ccc(F)cc1. The smallest absolute Gasteiger partial charge is 0.340 e. The number of carbonyl (C=O) groups excluding carboxylic acids is 2. The van der Waals surface area contributed by atoms with Gasteiger partial charge in [0.25, 0.3) is 15.9 Å².